The van der Waals surface area contributed by atoms with Gasteiger partial charge >= 0.3 is 0 Å². The molecule has 2 saturated heterocycles. The molecule has 2 aliphatic rings. The quantitative estimate of drug-likeness (QED) is 0.505. The molecule has 159 valence electrons. The number of amides is 4. The van der Waals surface area contributed by atoms with Crippen molar-refractivity contribution in [2.45, 2.75) is 17.6 Å². The Kier molecular flexibility index (Phi) is 6.12. The van der Waals surface area contributed by atoms with Crippen LogP contribution in [-0.4, -0.2) is 63.5 Å². The van der Waals surface area contributed by atoms with Crippen LogP contribution in [0.2, 0.25) is 0 Å². The maximum atomic E-state index is 13.2. The highest BCUT2D eigenvalue weighted by Gasteiger charge is 2.46. The average molecular weight is 441 g/mol. The van der Waals surface area contributed by atoms with Crippen LogP contribution in [0.15, 0.2) is 59.5 Å². The fourth-order valence-corrected chi connectivity index (χ4v) is 4.42. The van der Waals surface area contributed by atoms with E-state index in [1.807, 2.05) is 30.3 Å². The van der Waals surface area contributed by atoms with Crippen molar-refractivity contribution in [2.75, 3.05) is 19.6 Å². The van der Waals surface area contributed by atoms with Crippen LogP contribution in [0.1, 0.15) is 5.56 Å². The van der Waals surface area contributed by atoms with Gasteiger partial charge in [-0.25, -0.2) is 8.70 Å². The van der Waals surface area contributed by atoms with Crippen LogP contribution in [0.3, 0.4) is 0 Å². The number of nitrogens with zero attached hydrogens (tertiary/aromatic N) is 4. The van der Waals surface area contributed by atoms with E-state index in [-0.39, 0.29) is 26.2 Å². The van der Waals surface area contributed by atoms with Crippen LogP contribution in [0.4, 0.5) is 4.39 Å². The van der Waals surface area contributed by atoms with Crippen LogP contribution in [-0.2, 0) is 25.7 Å². The molecule has 2 fully saturated rings. The topological polar surface area (TPSA) is 92.1 Å². The first-order valence-corrected chi connectivity index (χ1v) is 10.3. The van der Waals surface area contributed by atoms with Crippen molar-refractivity contribution in [2.24, 2.45) is 0 Å². The maximum absolute atomic E-state index is 13.2. The molecule has 4 amide bonds. The molecule has 10 heteroatoms. The number of halogens is 1. The summed E-state index contributed by atoms with van der Waals surface area (Å²) in [5, 5.41) is 3.46. The molecular weight excluding hydrogens is 423 g/mol. The maximum Gasteiger partial charge on any atom is 0.287 e. The van der Waals surface area contributed by atoms with E-state index in [1.54, 1.807) is 4.31 Å². The number of rotatable bonds is 5. The lowest BCUT2D eigenvalue weighted by molar-refractivity contribution is -0.167. The molecular formula is C21H18FN4O4S. The number of carbonyl (C=O) groups is 4. The predicted octanol–water partition coefficient (Wildman–Crippen LogP) is 1.00. The molecule has 4 rings (SSSR count). The molecule has 2 aromatic rings. The second-order valence-electron chi connectivity index (χ2n) is 7.11. The van der Waals surface area contributed by atoms with E-state index in [9.17, 15) is 23.6 Å². The average Bonchev–Trinajstić information content (AvgIpc) is 2.72. The molecule has 0 bridgehead atoms. The smallest absolute Gasteiger partial charge is 0.273 e. The molecule has 1 unspecified atom stereocenters. The van der Waals surface area contributed by atoms with Gasteiger partial charge in [0.1, 0.15) is 5.82 Å². The van der Waals surface area contributed by atoms with Crippen molar-refractivity contribution < 1.29 is 23.6 Å². The zero-order valence-corrected chi connectivity index (χ0v) is 17.1. The number of hydrogen-bond donors (Lipinski definition) is 0. The van der Waals surface area contributed by atoms with E-state index in [1.165, 1.54) is 41.1 Å². The van der Waals surface area contributed by atoms with Gasteiger partial charge in [0, 0.05) is 11.4 Å². The standard InChI is InChI=1S/C21H18FN4O4S/c22-15-8-6-14(7-9-15)10-24-11-17(27)23-20(30)21(24)26-18(28)12-25(13-19(26)29)31-16-4-2-1-3-5-16/h1-9,21H,10-13H2. The summed E-state index contributed by atoms with van der Waals surface area (Å²) in [7, 11) is 0. The Morgan fingerprint density at radius 3 is 2.19 bits per heavy atom. The molecule has 0 saturated carbocycles. The van der Waals surface area contributed by atoms with E-state index >= 15 is 0 Å². The molecule has 1 atom stereocenters. The number of hydrogen-bond acceptors (Lipinski definition) is 7. The van der Waals surface area contributed by atoms with E-state index in [4.69, 9.17) is 0 Å². The fraction of sp³-hybridized carbons (Fsp3) is 0.238. The first-order valence-electron chi connectivity index (χ1n) is 9.50. The molecule has 0 N–H and O–H groups in total. The summed E-state index contributed by atoms with van der Waals surface area (Å²) >= 11 is 1.28. The lowest BCUT2D eigenvalue weighted by atomic mass is 10.1. The van der Waals surface area contributed by atoms with Crippen LogP contribution in [0.25, 0.3) is 0 Å². The summed E-state index contributed by atoms with van der Waals surface area (Å²) in [4.78, 5) is 53.4. The van der Waals surface area contributed by atoms with Gasteiger partial charge in [-0.1, -0.05) is 30.3 Å². The van der Waals surface area contributed by atoms with Crippen molar-refractivity contribution in [1.29, 1.82) is 0 Å². The lowest BCUT2D eigenvalue weighted by Crippen LogP contribution is -2.67. The minimum absolute atomic E-state index is 0.0760. The molecule has 2 heterocycles. The largest absolute Gasteiger partial charge is 0.287 e. The van der Waals surface area contributed by atoms with Crippen LogP contribution in [0, 0.1) is 5.82 Å². The Morgan fingerprint density at radius 2 is 1.55 bits per heavy atom. The Hall–Kier alpha value is -3.08. The van der Waals surface area contributed by atoms with Crippen LogP contribution < -0.4 is 5.32 Å². The molecule has 2 aliphatic heterocycles. The number of benzene rings is 2. The van der Waals surface area contributed by atoms with Gasteiger partial charge in [0.05, 0.1) is 19.6 Å². The molecule has 0 aliphatic carbocycles. The number of piperazine rings is 2. The highest BCUT2D eigenvalue weighted by molar-refractivity contribution is 7.97. The van der Waals surface area contributed by atoms with Crippen molar-refractivity contribution >= 4 is 35.6 Å². The second-order valence-corrected chi connectivity index (χ2v) is 8.28. The summed E-state index contributed by atoms with van der Waals surface area (Å²) in [6.07, 6.45) is -1.30. The Morgan fingerprint density at radius 1 is 0.903 bits per heavy atom. The van der Waals surface area contributed by atoms with Gasteiger partial charge in [-0.15, -0.1) is 0 Å². The van der Waals surface area contributed by atoms with E-state index in [2.05, 4.69) is 5.32 Å². The molecule has 2 aromatic carbocycles. The Bertz CT molecular complexity index is 1000. The van der Waals surface area contributed by atoms with Gasteiger partial charge in [-0.3, -0.25) is 29.0 Å². The summed E-state index contributed by atoms with van der Waals surface area (Å²) < 4.78 is 14.8. The lowest BCUT2D eigenvalue weighted by Gasteiger charge is -2.41. The minimum atomic E-state index is -1.30. The van der Waals surface area contributed by atoms with Crippen molar-refractivity contribution in [3.05, 3.63) is 66.0 Å². The first-order chi connectivity index (χ1) is 14.9. The Labute approximate surface area is 182 Å². The second kappa shape index (κ2) is 8.96. The van der Waals surface area contributed by atoms with Crippen molar-refractivity contribution in [1.82, 2.24) is 19.4 Å². The zero-order chi connectivity index (χ0) is 22.0. The molecule has 31 heavy (non-hydrogen) atoms. The first kappa shape index (κ1) is 21.2. The van der Waals surface area contributed by atoms with Gasteiger partial charge in [-0.2, -0.15) is 5.32 Å². The molecule has 0 spiro atoms. The summed E-state index contributed by atoms with van der Waals surface area (Å²) in [6, 6.07) is 14.9. The monoisotopic (exact) mass is 441 g/mol. The third kappa shape index (κ3) is 4.82. The van der Waals surface area contributed by atoms with E-state index in [0.717, 1.165) is 9.80 Å². The van der Waals surface area contributed by atoms with Gasteiger partial charge in [0.2, 0.25) is 11.8 Å². The normalized spacial score (nSPS) is 20.8. The summed E-state index contributed by atoms with van der Waals surface area (Å²) in [5.74, 6) is -3.03. The van der Waals surface area contributed by atoms with E-state index in [0.29, 0.717) is 5.56 Å². The van der Waals surface area contributed by atoms with Gasteiger partial charge in [-0.05, 0) is 41.8 Å². The summed E-state index contributed by atoms with van der Waals surface area (Å²) in [5.41, 5.74) is 0.632. The molecule has 1 radical (unpaired) electrons. The van der Waals surface area contributed by atoms with E-state index < -0.39 is 35.6 Å². The van der Waals surface area contributed by atoms with Gasteiger partial charge < -0.3 is 0 Å². The third-order valence-electron chi connectivity index (χ3n) is 4.82. The predicted molar refractivity (Wildman–Crippen MR) is 108 cm³/mol. The van der Waals surface area contributed by atoms with Gasteiger partial charge in [0.15, 0.2) is 6.17 Å². The number of imide groups is 2. The van der Waals surface area contributed by atoms with Crippen LogP contribution in [0.5, 0.6) is 0 Å². The van der Waals surface area contributed by atoms with Crippen molar-refractivity contribution in [3.63, 3.8) is 0 Å². The molecule has 8 nitrogen and oxygen atoms in total. The SMILES string of the molecule is O=C1CN(Cc2ccc(F)cc2)C(N2C(=O)CN(Sc3ccccc3)CC2=O)C(=O)[N]1. The van der Waals surface area contributed by atoms with Gasteiger partial charge in [0.25, 0.3) is 11.8 Å². The minimum Gasteiger partial charge on any atom is -0.273 e. The number of carbonyl (C=O) groups excluding carboxylic acids is 4. The molecule has 0 aromatic heterocycles. The summed E-state index contributed by atoms with van der Waals surface area (Å²) in [6.45, 7) is -0.300. The highest BCUT2D eigenvalue weighted by Crippen LogP contribution is 2.26. The zero-order valence-electron chi connectivity index (χ0n) is 16.3. The van der Waals surface area contributed by atoms with Crippen LogP contribution >= 0.6 is 11.9 Å². The highest BCUT2D eigenvalue weighted by atomic mass is 32.2. The Balaban J connectivity index is 1.52. The third-order valence-corrected chi connectivity index (χ3v) is 5.82. The fourth-order valence-electron chi connectivity index (χ4n) is 3.49. The van der Waals surface area contributed by atoms with Crippen molar-refractivity contribution in [3.8, 4) is 0 Å².